The van der Waals surface area contributed by atoms with Crippen molar-refractivity contribution in [2.24, 2.45) is 5.92 Å². The van der Waals surface area contributed by atoms with Gasteiger partial charge in [0, 0.05) is 20.2 Å². The Labute approximate surface area is 96.3 Å². The van der Waals surface area contributed by atoms with Crippen molar-refractivity contribution in [3.8, 4) is 0 Å². The van der Waals surface area contributed by atoms with Crippen molar-refractivity contribution >= 4 is 5.97 Å². The zero-order valence-corrected chi connectivity index (χ0v) is 10.0. The van der Waals surface area contributed by atoms with Crippen molar-refractivity contribution in [3.05, 3.63) is 0 Å². The summed E-state index contributed by atoms with van der Waals surface area (Å²) in [5.74, 6) is 0.183. The molecule has 0 heterocycles. The Morgan fingerprint density at radius 3 is 2.56 bits per heavy atom. The molecule has 0 saturated heterocycles. The average Bonchev–Trinajstić information content (AvgIpc) is 3.10. The Kier molecular flexibility index (Phi) is 5.73. The first-order chi connectivity index (χ1) is 7.74. The normalized spacial score (nSPS) is 17.5. The zero-order valence-electron chi connectivity index (χ0n) is 10.0. The van der Waals surface area contributed by atoms with E-state index in [0.29, 0.717) is 25.6 Å². The summed E-state index contributed by atoms with van der Waals surface area (Å²) in [7, 11) is 3.03. The maximum atomic E-state index is 11.7. The van der Waals surface area contributed by atoms with Crippen LogP contribution in [-0.4, -0.2) is 62.5 Å². The number of ether oxygens (including phenoxy) is 2. The molecule has 0 bridgehead atoms. The van der Waals surface area contributed by atoms with Gasteiger partial charge in [-0.05, 0) is 18.8 Å². The molecule has 1 atom stereocenters. The molecule has 0 aliphatic heterocycles. The number of carbonyl (C=O) groups excluding carboxylic acids is 1. The van der Waals surface area contributed by atoms with Crippen LogP contribution < -0.4 is 0 Å². The number of methoxy groups -OCH3 is 2. The Balaban J connectivity index is 2.58. The van der Waals surface area contributed by atoms with E-state index in [9.17, 15) is 4.79 Å². The third kappa shape index (κ3) is 3.73. The van der Waals surface area contributed by atoms with Crippen LogP contribution in [0.4, 0.5) is 0 Å². The van der Waals surface area contributed by atoms with Crippen molar-refractivity contribution in [1.29, 1.82) is 0 Å². The van der Waals surface area contributed by atoms with Gasteiger partial charge in [0.25, 0.3) is 0 Å². The minimum atomic E-state index is -0.215. The zero-order chi connectivity index (χ0) is 12.0. The number of esters is 1. The first kappa shape index (κ1) is 13.4. The predicted molar refractivity (Wildman–Crippen MR) is 59.1 cm³/mol. The highest BCUT2D eigenvalue weighted by Gasteiger charge is 2.40. The molecule has 0 aromatic carbocycles. The van der Waals surface area contributed by atoms with Crippen LogP contribution in [0.1, 0.15) is 12.8 Å². The third-order valence-corrected chi connectivity index (χ3v) is 2.87. The fraction of sp³-hybridized carbons (Fsp3) is 0.909. The number of aliphatic hydroxyl groups excluding tert-OH is 1. The lowest BCUT2D eigenvalue weighted by Crippen LogP contribution is -2.46. The Morgan fingerprint density at radius 1 is 1.44 bits per heavy atom. The first-order valence-electron chi connectivity index (χ1n) is 5.66. The van der Waals surface area contributed by atoms with E-state index < -0.39 is 0 Å². The molecule has 16 heavy (non-hydrogen) atoms. The summed E-state index contributed by atoms with van der Waals surface area (Å²) in [5.41, 5.74) is 0. The summed E-state index contributed by atoms with van der Waals surface area (Å²) in [6.45, 7) is 1.73. The smallest absolute Gasteiger partial charge is 0.323 e. The lowest BCUT2D eigenvalue weighted by molar-refractivity contribution is -0.148. The summed E-state index contributed by atoms with van der Waals surface area (Å²) in [5, 5.41) is 9.01. The van der Waals surface area contributed by atoms with Gasteiger partial charge in [-0.3, -0.25) is 9.69 Å². The van der Waals surface area contributed by atoms with Gasteiger partial charge in [-0.15, -0.1) is 0 Å². The SMILES string of the molecule is COCCN(CCO)C(C(=O)OC)C1CC1. The number of aliphatic hydroxyl groups is 1. The highest BCUT2D eigenvalue weighted by molar-refractivity contribution is 5.76. The van der Waals surface area contributed by atoms with Crippen LogP contribution in [0.5, 0.6) is 0 Å². The van der Waals surface area contributed by atoms with Crippen molar-refractivity contribution in [2.75, 3.05) is 40.5 Å². The van der Waals surface area contributed by atoms with Gasteiger partial charge < -0.3 is 14.6 Å². The fourth-order valence-electron chi connectivity index (χ4n) is 1.90. The average molecular weight is 231 g/mol. The molecule has 1 fully saturated rings. The van der Waals surface area contributed by atoms with Gasteiger partial charge in [-0.2, -0.15) is 0 Å². The second kappa shape index (κ2) is 6.83. The van der Waals surface area contributed by atoms with Crippen LogP contribution in [0, 0.1) is 5.92 Å². The first-order valence-corrected chi connectivity index (χ1v) is 5.66. The van der Waals surface area contributed by atoms with E-state index in [2.05, 4.69) is 0 Å². The highest BCUT2D eigenvalue weighted by Crippen LogP contribution is 2.35. The molecule has 94 valence electrons. The maximum absolute atomic E-state index is 11.7. The molecule has 5 nitrogen and oxygen atoms in total. The summed E-state index contributed by atoms with van der Waals surface area (Å²) >= 11 is 0. The molecule has 1 rings (SSSR count). The number of hydrogen-bond donors (Lipinski definition) is 1. The highest BCUT2D eigenvalue weighted by atomic mass is 16.5. The van der Waals surface area contributed by atoms with E-state index in [1.165, 1.54) is 7.11 Å². The molecular formula is C11H21NO4. The Hall–Kier alpha value is -0.650. The van der Waals surface area contributed by atoms with Gasteiger partial charge in [0.2, 0.25) is 0 Å². The molecule has 0 amide bonds. The van der Waals surface area contributed by atoms with E-state index in [4.69, 9.17) is 14.6 Å². The molecular weight excluding hydrogens is 210 g/mol. The molecule has 0 aromatic rings. The summed E-state index contributed by atoms with van der Waals surface area (Å²) < 4.78 is 9.82. The third-order valence-electron chi connectivity index (χ3n) is 2.87. The van der Waals surface area contributed by atoms with E-state index in [0.717, 1.165) is 12.8 Å². The predicted octanol–water partition coefficient (Wildman–Crippen LogP) is -0.121. The molecule has 1 unspecified atom stereocenters. The van der Waals surface area contributed by atoms with Crippen molar-refractivity contribution in [3.63, 3.8) is 0 Å². The van der Waals surface area contributed by atoms with E-state index in [1.54, 1.807) is 7.11 Å². The van der Waals surface area contributed by atoms with E-state index >= 15 is 0 Å². The van der Waals surface area contributed by atoms with Crippen LogP contribution in [0.2, 0.25) is 0 Å². The van der Waals surface area contributed by atoms with Crippen molar-refractivity contribution < 1.29 is 19.4 Å². The van der Waals surface area contributed by atoms with Crippen LogP contribution >= 0.6 is 0 Å². The van der Waals surface area contributed by atoms with Gasteiger partial charge in [-0.25, -0.2) is 0 Å². The van der Waals surface area contributed by atoms with Gasteiger partial charge in [0.05, 0.1) is 20.3 Å². The van der Waals surface area contributed by atoms with E-state index in [-0.39, 0.29) is 18.6 Å². The van der Waals surface area contributed by atoms with Crippen LogP contribution in [0.3, 0.4) is 0 Å². The van der Waals surface area contributed by atoms with Gasteiger partial charge >= 0.3 is 5.97 Å². The second-order valence-electron chi connectivity index (χ2n) is 4.06. The molecule has 1 saturated carbocycles. The number of hydrogen-bond acceptors (Lipinski definition) is 5. The molecule has 5 heteroatoms. The molecule has 1 aliphatic carbocycles. The van der Waals surface area contributed by atoms with Crippen LogP contribution in [0.15, 0.2) is 0 Å². The van der Waals surface area contributed by atoms with Crippen molar-refractivity contribution in [1.82, 2.24) is 4.90 Å². The van der Waals surface area contributed by atoms with Gasteiger partial charge in [0.15, 0.2) is 0 Å². The molecule has 0 radical (unpaired) electrons. The van der Waals surface area contributed by atoms with Crippen LogP contribution in [0.25, 0.3) is 0 Å². The molecule has 1 N–H and O–H groups in total. The summed E-state index contributed by atoms with van der Waals surface area (Å²) in [6, 6.07) is -0.215. The molecule has 0 aromatic heterocycles. The Bertz CT molecular complexity index is 218. The number of rotatable bonds is 8. The summed E-state index contributed by atoms with van der Waals surface area (Å²) in [4.78, 5) is 13.6. The number of nitrogens with zero attached hydrogens (tertiary/aromatic N) is 1. The second-order valence-corrected chi connectivity index (χ2v) is 4.06. The van der Waals surface area contributed by atoms with Gasteiger partial charge in [0.1, 0.15) is 6.04 Å². The number of carbonyl (C=O) groups is 1. The molecule has 0 spiro atoms. The largest absolute Gasteiger partial charge is 0.468 e. The van der Waals surface area contributed by atoms with Crippen molar-refractivity contribution in [2.45, 2.75) is 18.9 Å². The minimum Gasteiger partial charge on any atom is -0.468 e. The topological polar surface area (TPSA) is 59.0 Å². The van der Waals surface area contributed by atoms with E-state index in [1.807, 2.05) is 4.90 Å². The lowest BCUT2D eigenvalue weighted by Gasteiger charge is -2.28. The Morgan fingerprint density at radius 2 is 2.12 bits per heavy atom. The van der Waals surface area contributed by atoms with Gasteiger partial charge in [-0.1, -0.05) is 0 Å². The quantitative estimate of drug-likeness (QED) is 0.590. The molecule has 1 aliphatic rings. The lowest BCUT2D eigenvalue weighted by atomic mass is 10.1. The minimum absolute atomic E-state index is 0.0456. The fourth-order valence-corrected chi connectivity index (χ4v) is 1.90. The summed E-state index contributed by atoms with van der Waals surface area (Å²) in [6.07, 6.45) is 2.13. The standard InChI is InChI=1S/C11H21NO4/c1-15-8-6-12(5-7-13)10(9-3-4-9)11(14)16-2/h9-10,13H,3-8H2,1-2H3. The maximum Gasteiger partial charge on any atom is 0.323 e. The van der Waals surface area contributed by atoms with Crippen LogP contribution in [-0.2, 0) is 14.3 Å². The monoisotopic (exact) mass is 231 g/mol.